The molecular weight excluding hydrogens is 495 g/mol. The Morgan fingerprint density at radius 3 is 2.50 bits per heavy atom. The molecule has 2 aromatic heterocycles. The van der Waals surface area contributed by atoms with Gasteiger partial charge in [-0.15, -0.1) is 10.2 Å². The first-order valence-corrected chi connectivity index (χ1v) is 13.0. The number of halogens is 3. The lowest BCUT2D eigenvalue weighted by Crippen LogP contribution is -2.35. The van der Waals surface area contributed by atoms with Crippen molar-refractivity contribution in [3.63, 3.8) is 0 Å². The summed E-state index contributed by atoms with van der Waals surface area (Å²) in [6, 6.07) is 11.4. The van der Waals surface area contributed by atoms with Crippen molar-refractivity contribution in [1.82, 2.24) is 25.1 Å². The lowest BCUT2D eigenvalue weighted by molar-refractivity contribution is -0.136. The van der Waals surface area contributed by atoms with Gasteiger partial charge in [-0.3, -0.25) is 0 Å². The van der Waals surface area contributed by atoms with E-state index in [2.05, 4.69) is 27.4 Å². The van der Waals surface area contributed by atoms with Crippen LogP contribution in [0.2, 0.25) is 0 Å². The Bertz CT molecular complexity index is 1360. The molecule has 0 spiro atoms. The van der Waals surface area contributed by atoms with Crippen molar-refractivity contribution in [1.29, 1.82) is 0 Å². The summed E-state index contributed by atoms with van der Waals surface area (Å²) in [5.74, 6) is 2.88. The molecule has 0 radical (unpaired) electrons. The van der Waals surface area contributed by atoms with Crippen molar-refractivity contribution in [2.24, 2.45) is 13.0 Å². The Hall–Kier alpha value is -3.24. The average molecular weight is 528 g/mol. The molecular formula is C28H32F3N5O2. The first-order chi connectivity index (χ1) is 18.2. The van der Waals surface area contributed by atoms with Crippen LogP contribution in [0.1, 0.15) is 61.9 Å². The SMILES string of the molecule is CC1CC(c2nncn2C)C1.OC1CCCC1NCc1cc(C(F)(F)F)c2oc(-c3ccccc3)nc2c1. The number of oxazole rings is 1. The van der Waals surface area contributed by atoms with Gasteiger partial charge < -0.3 is 19.4 Å². The van der Waals surface area contributed by atoms with Gasteiger partial charge in [0, 0.05) is 31.1 Å². The largest absolute Gasteiger partial charge is 0.435 e. The van der Waals surface area contributed by atoms with E-state index in [4.69, 9.17) is 4.42 Å². The van der Waals surface area contributed by atoms with Crippen molar-refractivity contribution in [2.45, 2.75) is 69.8 Å². The average Bonchev–Trinajstić information content (AvgIpc) is 3.60. The lowest BCUT2D eigenvalue weighted by Gasteiger charge is -2.31. The molecule has 2 aliphatic carbocycles. The Balaban J connectivity index is 0.000000222. The fourth-order valence-electron chi connectivity index (χ4n) is 5.31. The van der Waals surface area contributed by atoms with Crippen LogP contribution in [-0.4, -0.2) is 37.0 Å². The van der Waals surface area contributed by atoms with E-state index in [-0.39, 0.29) is 29.6 Å². The van der Waals surface area contributed by atoms with Crippen LogP contribution in [0, 0.1) is 5.92 Å². The molecule has 7 nitrogen and oxygen atoms in total. The highest BCUT2D eigenvalue weighted by molar-refractivity contribution is 5.80. The topological polar surface area (TPSA) is 89.0 Å². The predicted molar refractivity (Wildman–Crippen MR) is 137 cm³/mol. The summed E-state index contributed by atoms with van der Waals surface area (Å²) >= 11 is 0. The molecule has 0 amide bonds. The van der Waals surface area contributed by atoms with E-state index in [0.717, 1.165) is 30.7 Å². The number of fused-ring (bicyclic) bond motifs is 1. The molecule has 2 unspecified atom stereocenters. The maximum atomic E-state index is 13.6. The summed E-state index contributed by atoms with van der Waals surface area (Å²) in [7, 11) is 2.01. The normalized spacial score (nSPS) is 23.2. The highest BCUT2D eigenvalue weighted by Gasteiger charge is 2.36. The molecule has 2 N–H and O–H groups in total. The van der Waals surface area contributed by atoms with E-state index in [1.54, 1.807) is 36.7 Å². The second kappa shape index (κ2) is 10.9. The standard InChI is InChI=1S/C20H19F3N2O2.C8H13N3/c21-20(22,23)14-9-12(11-24-15-7-4-8-17(15)26)10-16-18(14)27-19(25-16)13-5-2-1-3-6-13;1-6-3-7(4-6)8-10-9-5-11(8)2/h1-3,5-6,9-10,15,17,24,26H,4,7-8,11H2;5-7H,3-4H2,1-2H3. The highest BCUT2D eigenvalue weighted by Crippen LogP contribution is 2.40. The van der Waals surface area contributed by atoms with E-state index < -0.39 is 17.8 Å². The van der Waals surface area contributed by atoms with Crippen LogP contribution in [0.3, 0.4) is 0 Å². The van der Waals surface area contributed by atoms with Crippen LogP contribution >= 0.6 is 0 Å². The first kappa shape index (κ1) is 26.4. The highest BCUT2D eigenvalue weighted by atomic mass is 19.4. The van der Waals surface area contributed by atoms with Crippen LogP contribution in [0.4, 0.5) is 13.2 Å². The maximum absolute atomic E-state index is 13.6. The van der Waals surface area contributed by atoms with Gasteiger partial charge in [-0.05, 0) is 67.9 Å². The lowest BCUT2D eigenvalue weighted by atomic mass is 9.76. The van der Waals surface area contributed by atoms with Crippen LogP contribution in [0.15, 0.2) is 53.2 Å². The number of hydrogen-bond donors (Lipinski definition) is 2. The molecule has 2 aromatic carbocycles. The number of nitrogens with one attached hydrogen (secondary N) is 1. The number of aliphatic hydroxyl groups excluding tert-OH is 1. The number of rotatable bonds is 5. The van der Waals surface area contributed by atoms with E-state index in [1.807, 2.05) is 17.7 Å². The quantitative estimate of drug-likeness (QED) is 0.339. The molecule has 2 saturated carbocycles. The van der Waals surface area contributed by atoms with E-state index in [1.165, 1.54) is 12.8 Å². The number of aromatic nitrogens is 4. The van der Waals surface area contributed by atoms with Gasteiger partial charge in [0.1, 0.15) is 23.2 Å². The Morgan fingerprint density at radius 1 is 1.13 bits per heavy atom. The summed E-state index contributed by atoms with van der Waals surface area (Å²) < 4.78 is 48.2. The second-order valence-electron chi connectivity index (χ2n) is 10.4. The Labute approximate surface area is 219 Å². The fraction of sp³-hybridized carbons (Fsp3) is 0.464. The monoisotopic (exact) mass is 527 g/mol. The number of aliphatic hydroxyl groups is 1. The van der Waals surface area contributed by atoms with Crippen LogP contribution < -0.4 is 5.32 Å². The number of nitrogens with zero attached hydrogens (tertiary/aromatic N) is 4. The molecule has 4 aromatic rings. The van der Waals surface area contributed by atoms with Crippen LogP contribution in [0.5, 0.6) is 0 Å². The van der Waals surface area contributed by atoms with Gasteiger partial charge in [0.15, 0.2) is 5.58 Å². The molecule has 2 fully saturated rings. The number of alkyl halides is 3. The zero-order valence-electron chi connectivity index (χ0n) is 21.4. The molecule has 2 heterocycles. The van der Waals surface area contributed by atoms with Crippen LogP contribution in [-0.2, 0) is 19.8 Å². The molecule has 0 bridgehead atoms. The predicted octanol–water partition coefficient (Wildman–Crippen LogP) is 5.85. The third-order valence-corrected chi connectivity index (χ3v) is 7.41. The smallest absolute Gasteiger partial charge is 0.420 e. The van der Waals surface area contributed by atoms with Gasteiger partial charge in [0.25, 0.3) is 0 Å². The van der Waals surface area contributed by atoms with Crippen molar-refractivity contribution in [3.05, 3.63) is 65.7 Å². The third kappa shape index (κ3) is 5.76. The van der Waals surface area contributed by atoms with E-state index in [9.17, 15) is 18.3 Å². The zero-order chi connectivity index (χ0) is 26.9. The molecule has 6 rings (SSSR count). The summed E-state index contributed by atoms with van der Waals surface area (Å²) in [4.78, 5) is 4.27. The van der Waals surface area contributed by atoms with Gasteiger partial charge in [-0.1, -0.05) is 25.1 Å². The second-order valence-corrected chi connectivity index (χ2v) is 10.4. The minimum atomic E-state index is -4.55. The minimum Gasteiger partial charge on any atom is -0.435 e. The van der Waals surface area contributed by atoms with Gasteiger partial charge in [-0.2, -0.15) is 13.2 Å². The summed E-state index contributed by atoms with van der Waals surface area (Å²) in [5, 5.41) is 21.0. The van der Waals surface area contributed by atoms with Gasteiger partial charge >= 0.3 is 6.18 Å². The Kier molecular flexibility index (Phi) is 7.54. The molecule has 2 atom stereocenters. The molecule has 38 heavy (non-hydrogen) atoms. The Morgan fingerprint density at radius 2 is 1.89 bits per heavy atom. The number of benzene rings is 2. The van der Waals surface area contributed by atoms with Crippen molar-refractivity contribution >= 4 is 11.1 Å². The van der Waals surface area contributed by atoms with Gasteiger partial charge in [-0.25, -0.2) is 4.98 Å². The van der Waals surface area contributed by atoms with Gasteiger partial charge in [0.05, 0.1) is 6.10 Å². The fourth-order valence-corrected chi connectivity index (χ4v) is 5.31. The molecule has 2 aliphatic rings. The molecule has 10 heteroatoms. The maximum Gasteiger partial charge on any atom is 0.420 e. The van der Waals surface area contributed by atoms with Crippen molar-refractivity contribution < 1.29 is 22.7 Å². The molecule has 0 aliphatic heterocycles. The first-order valence-electron chi connectivity index (χ1n) is 13.0. The van der Waals surface area contributed by atoms with Gasteiger partial charge in [0.2, 0.25) is 5.89 Å². The summed E-state index contributed by atoms with van der Waals surface area (Å²) in [6.45, 7) is 2.52. The van der Waals surface area contributed by atoms with Crippen molar-refractivity contribution in [3.8, 4) is 11.5 Å². The summed E-state index contributed by atoms with van der Waals surface area (Å²) in [5.41, 5.74) is 0.161. The summed E-state index contributed by atoms with van der Waals surface area (Å²) in [6.07, 6.45) is 1.79. The third-order valence-electron chi connectivity index (χ3n) is 7.41. The van der Waals surface area contributed by atoms with E-state index in [0.29, 0.717) is 23.5 Å². The van der Waals surface area contributed by atoms with Crippen LogP contribution in [0.25, 0.3) is 22.6 Å². The number of aryl methyl sites for hydroxylation is 1. The van der Waals surface area contributed by atoms with Crippen molar-refractivity contribution in [2.75, 3.05) is 0 Å². The number of hydrogen-bond acceptors (Lipinski definition) is 6. The van der Waals surface area contributed by atoms with E-state index >= 15 is 0 Å². The minimum absolute atomic E-state index is 0.0905. The zero-order valence-corrected chi connectivity index (χ0v) is 21.4. The molecule has 202 valence electrons. The molecule has 0 saturated heterocycles.